The molecule has 2 heterocycles. The highest BCUT2D eigenvalue weighted by atomic mass is 16.7. The Morgan fingerprint density at radius 1 is 1.28 bits per heavy atom. The Balaban J connectivity index is 1.95. The van der Waals surface area contributed by atoms with Crippen molar-refractivity contribution >= 4 is 12.7 Å². The maximum atomic E-state index is 8.18. The predicted octanol–water partition coefficient (Wildman–Crippen LogP) is 1.65. The quantitative estimate of drug-likeness (QED) is 0.750. The van der Waals surface area contributed by atoms with Crippen molar-refractivity contribution in [3.05, 3.63) is 18.1 Å². The van der Waals surface area contributed by atoms with Gasteiger partial charge in [-0.2, -0.15) is 0 Å². The third kappa shape index (κ3) is 1.95. The van der Waals surface area contributed by atoms with E-state index >= 15 is 0 Å². The molecule has 0 aromatic carbocycles. The molecule has 0 radical (unpaired) electrons. The number of hydrogen-bond acceptors (Lipinski definition) is 4. The average Bonchev–Trinajstić information content (AvgIpc) is 2.63. The Morgan fingerprint density at radius 3 is 2.44 bits per heavy atom. The molecule has 5 heteroatoms. The van der Waals surface area contributed by atoms with Crippen LogP contribution >= 0.6 is 0 Å². The van der Waals surface area contributed by atoms with Crippen molar-refractivity contribution in [2.75, 3.05) is 0 Å². The van der Waals surface area contributed by atoms with E-state index in [9.17, 15) is 0 Å². The van der Waals surface area contributed by atoms with Gasteiger partial charge in [-0.1, -0.05) is 0 Å². The van der Waals surface area contributed by atoms with Crippen molar-refractivity contribution < 1.29 is 16.2 Å². The van der Waals surface area contributed by atoms with Crippen LogP contribution in [0, 0.1) is 0 Å². The van der Waals surface area contributed by atoms with E-state index < -0.39 is 37.0 Å². The fourth-order valence-corrected chi connectivity index (χ4v) is 1.74. The zero-order valence-corrected chi connectivity index (χ0v) is 10.9. The minimum atomic E-state index is -2.32. The van der Waals surface area contributed by atoms with Gasteiger partial charge in [-0.25, -0.2) is 0 Å². The number of aromatic nitrogens is 2. The molecular weight excluding hydrogens is 227 g/mol. The van der Waals surface area contributed by atoms with Crippen LogP contribution in [-0.4, -0.2) is 28.3 Å². The summed E-state index contributed by atoms with van der Waals surface area (Å²) in [6.45, 7) is 7.59. The second kappa shape index (κ2) is 3.78. The van der Waals surface area contributed by atoms with Gasteiger partial charge in [0, 0.05) is 25.1 Å². The second-order valence-corrected chi connectivity index (χ2v) is 5.54. The van der Waals surface area contributed by atoms with E-state index in [1.807, 2.05) is 27.7 Å². The average molecular weight is 251 g/mol. The molecule has 1 aliphatic carbocycles. The summed E-state index contributed by atoms with van der Waals surface area (Å²) >= 11 is 0. The Morgan fingerprint density at radius 2 is 1.89 bits per heavy atom. The highest BCUT2D eigenvalue weighted by Gasteiger charge is 2.52. The van der Waals surface area contributed by atoms with Gasteiger partial charge in [-0.05, 0) is 40.4 Å². The van der Waals surface area contributed by atoms with Gasteiger partial charge in [0.15, 0.2) is 0 Å². The lowest BCUT2D eigenvalue weighted by molar-refractivity contribution is 0.00578. The van der Waals surface area contributed by atoms with Crippen molar-refractivity contribution in [1.29, 1.82) is 0 Å². The smallest absolute Gasteiger partial charge is 0.398 e. The molecule has 1 aliphatic heterocycles. The third-order valence-electron chi connectivity index (χ3n) is 3.65. The number of rotatable bonds is 2. The molecule has 1 aromatic rings. The largest absolute Gasteiger partial charge is 0.516 e. The van der Waals surface area contributed by atoms with E-state index in [2.05, 4.69) is 9.97 Å². The fraction of sp³-hybridized carbons (Fsp3) is 0.692. The number of nitrogens with zero attached hydrogens (tertiary/aromatic N) is 2. The summed E-state index contributed by atoms with van der Waals surface area (Å²) in [5.74, 6) is -2.08. The van der Waals surface area contributed by atoms with Crippen LogP contribution in [-0.2, 0) is 9.31 Å². The van der Waals surface area contributed by atoms with Crippen molar-refractivity contribution in [2.45, 2.75) is 57.5 Å². The van der Waals surface area contributed by atoms with E-state index in [1.165, 1.54) is 12.4 Å². The summed E-state index contributed by atoms with van der Waals surface area (Å²) in [6.07, 6.45) is -1.97. The first-order valence-electron chi connectivity index (χ1n) is 8.46. The van der Waals surface area contributed by atoms with Gasteiger partial charge in [0.25, 0.3) is 0 Å². The van der Waals surface area contributed by atoms with E-state index in [0.717, 1.165) is 0 Å². The first kappa shape index (κ1) is 7.60. The molecule has 1 saturated carbocycles. The zero-order valence-electron chi connectivity index (χ0n) is 15.9. The maximum absolute atomic E-state index is 8.18. The van der Waals surface area contributed by atoms with Crippen LogP contribution in [0.2, 0.25) is 0 Å². The lowest BCUT2D eigenvalue weighted by Crippen LogP contribution is -2.41. The minimum absolute atomic E-state index is 0.0558. The summed E-state index contributed by atoms with van der Waals surface area (Å²) in [4.78, 5) is 8.22. The van der Waals surface area contributed by atoms with Gasteiger partial charge in [0.2, 0.25) is 0 Å². The van der Waals surface area contributed by atoms with Crippen LogP contribution < -0.4 is 5.59 Å². The standard InChI is InChI=1S/C13H19BN2O2/c1-12(2)13(3,4)18-14(17-12)11-8-15-7-10(16-11)9-5-6-9/h7-9H,5-6H2,1-4H3/i5D2,6D2,9D. The predicted molar refractivity (Wildman–Crippen MR) is 69.7 cm³/mol. The van der Waals surface area contributed by atoms with E-state index in [4.69, 9.17) is 16.2 Å². The van der Waals surface area contributed by atoms with Crippen molar-refractivity contribution in [3.8, 4) is 0 Å². The fourth-order valence-electron chi connectivity index (χ4n) is 1.74. The van der Waals surface area contributed by atoms with Crippen LogP contribution in [0.4, 0.5) is 0 Å². The number of hydrogen-bond donors (Lipinski definition) is 0. The molecule has 0 unspecified atom stereocenters. The summed E-state index contributed by atoms with van der Waals surface area (Å²) in [5, 5.41) is 0. The Kier molecular flexibility index (Phi) is 1.60. The molecule has 1 aromatic heterocycles. The monoisotopic (exact) mass is 251 g/mol. The SMILES string of the molecule is [2H]C1([2H])C([2H])([2H])C1([2H])c1cncc(B2OC(C)(C)C(C)(C)O2)n1. The van der Waals surface area contributed by atoms with Crippen molar-refractivity contribution in [1.82, 2.24) is 9.97 Å². The lowest BCUT2D eigenvalue weighted by atomic mass is 9.85. The van der Waals surface area contributed by atoms with Gasteiger partial charge in [0.1, 0.15) is 0 Å². The molecule has 18 heavy (non-hydrogen) atoms. The van der Waals surface area contributed by atoms with Crippen LogP contribution in [0.5, 0.6) is 0 Å². The summed E-state index contributed by atoms with van der Waals surface area (Å²) in [5.41, 5.74) is -0.862. The summed E-state index contributed by atoms with van der Waals surface area (Å²) < 4.78 is 50.8. The van der Waals surface area contributed by atoms with Gasteiger partial charge in [-0.3, -0.25) is 9.97 Å². The van der Waals surface area contributed by atoms with Gasteiger partial charge in [-0.15, -0.1) is 0 Å². The highest BCUT2D eigenvalue weighted by molar-refractivity contribution is 6.61. The molecular formula is C13H19BN2O2. The molecule has 0 atom stereocenters. The summed E-state index contributed by atoms with van der Waals surface area (Å²) in [6, 6.07) is 0. The van der Waals surface area contributed by atoms with Gasteiger partial charge in [0.05, 0.1) is 22.5 Å². The first-order valence-corrected chi connectivity index (χ1v) is 5.96. The molecule has 2 fully saturated rings. The van der Waals surface area contributed by atoms with Crippen LogP contribution in [0.1, 0.15) is 58.9 Å². The highest BCUT2D eigenvalue weighted by Crippen LogP contribution is 2.39. The molecule has 3 rings (SSSR count). The van der Waals surface area contributed by atoms with Crippen LogP contribution in [0.25, 0.3) is 0 Å². The Labute approximate surface area is 115 Å². The molecule has 4 nitrogen and oxygen atoms in total. The van der Waals surface area contributed by atoms with E-state index in [1.54, 1.807) is 0 Å². The summed E-state index contributed by atoms with van der Waals surface area (Å²) in [7, 11) is -0.786. The molecule has 0 bridgehead atoms. The van der Waals surface area contributed by atoms with Crippen LogP contribution in [0.3, 0.4) is 0 Å². The molecule has 0 N–H and O–H groups in total. The zero-order chi connectivity index (χ0) is 17.5. The molecule has 0 spiro atoms. The second-order valence-electron chi connectivity index (χ2n) is 5.54. The lowest BCUT2D eigenvalue weighted by Gasteiger charge is -2.32. The Bertz CT molecular complexity index is 638. The van der Waals surface area contributed by atoms with Gasteiger partial charge < -0.3 is 9.31 Å². The van der Waals surface area contributed by atoms with Crippen molar-refractivity contribution in [2.24, 2.45) is 0 Å². The maximum Gasteiger partial charge on any atom is 0.516 e. The Hall–Kier alpha value is -0.935. The molecule has 1 saturated heterocycles. The third-order valence-corrected chi connectivity index (χ3v) is 3.65. The minimum Gasteiger partial charge on any atom is -0.398 e. The molecule has 2 aliphatic rings. The topological polar surface area (TPSA) is 44.2 Å². The van der Waals surface area contributed by atoms with Crippen LogP contribution in [0.15, 0.2) is 12.4 Å². The van der Waals surface area contributed by atoms with Crippen molar-refractivity contribution in [3.63, 3.8) is 0 Å². The molecule has 0 amide bonds. The first-order chi connectivity index (χ1) is 10.3. The van der Waals surface area contributed by atoms with E-state index in [-0.39, 0.29) is 5.69 Å². The molecule has 96 valence electrons. The normalized spacial score (nSPS) is 36.9. The van der Waals surface area contributed by atoms with E-state index in [0.29, 0.717) is 5.59 Å². The van der Waals surface area contributed by atoms with Gasteiger partial charge >= 0.3 is 7.12 Å².